The predicted octanol–water partition coefficient (Wildman–Crippen LogP) is 4.25. The van der Waals surface area contributed by atoms with Gasteiger partial charge < -0.3 is 15.4 Å². The van der Waals surface area contributed by atoms with Crippen molar-refractivity contribution in [2.75, 3.05) is 12.4 Å². The van der Waals surface area contributed by atoms with Crippen LogP contribution in [0.3, 0.4) is 0 Å². The normalized spacial score (nSPS) is 11.0. The lowest BCUT2D eigenvalue weighted by Gasteiger charge is -2.14. The smallest absolute Gasteiger partial charge is 0.417 e. The molecule has 2 N–H and O–H groups in total. The second kappa shape index (κ2) is 7.67. The molecule has 0 amide bonds. The van der Waals surface area contributed by atoms with Crippen molar-refractivity contribution >= 4 is 34.6 Å². The number of nitrogens with one attached hydrogen (secondary N) is 2. The van der Waals surface area contributed by atoms with Crippen molar-refractivity contribution in [2.45, 2.75) is 12.7 Å². The third kappa shape index (κ3) is 4.72. The van der Waals surface area contributed by atoms with Crippen molar-refractivity contribution in [2.24, 2.45) is 0 Å². The van der Waals surface area contributed by atoms with Crippen LogP contribution in [0.1, 0.15) is 11.3 Å². The first-order chi connectivity index (χ1) is 11.3. The molecule has 2 rings (SSSR count). The monoisotopic (exact) mass is 375 g/mol. The predicted molar refractivity (Wildman–Crippen MR) is 90.3 cm³/mol. The Kier molecular flexibility index (Phi) is 5.84. The van der Waals surface area contributed by atoms with Crippen molar-refractivity contribution in [1.29, 1.82) is 0 Å². The highest BCUT2D eigenvalue weighted by Crippen LogP contribution is 2.31. The maximum atomic E-state index is 12.6. The van der Waals surface area contributed by atoms with Crippen LogP contribution < -0.4 is 15.4 Å². The maximum Gasteiger partial charge on any atom is 0.417 e. The van der Waals surface area contributed by atoms with Gasteiger partial charge in [0.05, 0.1) is 35.6 Å². The molecule has 0 unspecified atom stereocenters. The lowest BCUT2D eigenvalue weighted by Crippen LogP contribution is -2.28. The summed E-state index contributed by atoms with van der Waals surface area (Å²) in [5.74, 6) is 0.604. The number of ether oxygens (including phenoxy) is 1. The van der Waals surface area contributed by atoms with Gasteiger partial charge in [-0.05, 0) is 30.4 Å². The molecule has 2 aromatic rings. The summed E-state index contributed by atoms with van der Waals surface area (Å²) in [6.45, 7) is 0.0813. The Morgan fingerprint density at radius 1 is 1.33 bits per heavy atom. The van der Waals surface area contributed by atoms with E-state index in [4.69, 9.17) is 28.6 Å². The van der Waals surface area contributed by atoms with E-state index in [0.717, 1.165) is 12.3 Å². The average molecular weight is 376 g/mol. The first-order valence-electron chi connectivity index (χ1n) is 6.70. The molecule has 1 aromatic carbocycles. The van der Waals surface area contributed by atoms with Crippen LogP contribution in [0.25, 0.3) is 0 Å². The average Bonchev–Trinajstić information content (AvgIpc) is 2.53. The molecule has 1 heterocycles. The van der Waals surface area contributed by atoms with Crippen molar-refractivity contribution in [3.8, 4) is 5.75 Å². The molecule has 0 spiro atoms. The number of thiocarbonyl (C=S) groups is 1. The Balaban J connectivity index is 1.99. The molecular formula is C15H13ClF3N3OS. The van der Waals surface area contributed by atoms with E-state index in [9.17, 15) is 13.2 Å². The second-order valence-corrected chi connectivity index (χ2v) is 5.47. The second-order valence-electron chi connectivity index (χ2n) is 4.66. The Bertz CT molecular complexity index is 740. The van der Waals surface area contributed by atoms with Gasteiger partial charge in [-0.1, -0.05) is 23.7 Å². The van der Waals surface area contributed by atoms with Gasteiger partial charge in [0.15, 0.2) is 5.11 Å². The number of nitrogens with zero attached hydrogens (tertiary/aromatic N) is 1. The first kappa shape index (κ1) is 18.3. The summed E-state index contributed by atoms with van der Waals surface area (Å²) in [6, 6.07) is 7.99. The number of methoxy groups -OCH3 is 1. The van der Waals surface area contributed by atoms with Gasteiger partial charge in [0, 0.05) is 6.20 Å². The molecule has 0 saturated carbocycles. The Morgan fingerprint density at radius 3 is 2.67 bits per heavy atom. The van der Waals surface area contributed by atoms with E-state index in [1.165, 1.54) is 7.11 Å². The molecule has 0 bridgehead atoms. The molecule has 128 valence electrons. The van der Waals surface area contributed by atoms with Crippen LogP contribution >= 0.6 is 23.8 Å². The van der Waals surface area contributed by atoms with E-state index < -0.39 is 11.7 Å². The first-order valence-corrected chi connectivity index (χ1v) is 7.49. The third-order valence-electron chi connectivity index (χ3n) is 3.02. The van der Waals surface area contributed by atoms with Crippen LogP contribution in [-0.4, -0.2) is 17.2 Å². The van der Waals surface area contributed by atoms with Crippen molar-refractivity contribution in [3.05, 3.63) is 52.8 Å². The molecule has 0 radical (unpaired) electrons. The van der Waals surface area contributed by atoms with Crippen LogP contribution in [0.15, 0.2) is 36.5 Å². The highest BCUT2D eigenvalue weighted by atomic mass is 35.5. The Labute approximate surface area is 147 Å². The van der Waals surface area contributed by atoms with Crippen LogP contribution in [0.2, 0.25) is 5.02 Å². The zero-order chi connectivity index (χ0) is 17.7. The third-order valence-corrected chi connectivity index (χ3v) is 3.59. The molecule has 0 aliphatic rings. The van der Waals surface area contributed by atoms with Crippen LogP contribution in [0.4, 0.5) is 18.9 Å². The summed E-state index contributed by atoms with van der Waals surface area (Å²) < 4.78 is 42.9. The van der Waals surface area contributed by atoms with Crippen molar-refractivity contribution in [1.82, 2.24) is 10.3 Å². The number of benzene rings is 1. The molecule has 4 nitrogen and oxygen atoms in total. The minimum atomic E-state index is -4.48. The summed E-state index contributed by atoms with van der Waals surface area (Å²) in [5.41, 5.74) is 0.0174. The van der Waals surface area contributed by atoms with E-state index in [1.54, 1.807) is 12.1 Å². The Hall–Kier alpha value is -2.06. The number of pyridine rings is 1. The molecule has 0 fully saturated rings. The molecule has 9 heteroatoms. The van der Waals surface area contributed by atoms with Gasteiger partial charge >= 0.3 is 6.18 Å². The highest BCUT2D eigenvalue weighted by molar-refractivity contribution is 7.80. The molecule has 24 heavy (non-hydrogen) atoms. The summed E-state index contributed by atoms with van der Waals surface area (Å²) in [6.07, 6.45) is -3.75. The molecule has 0 aliphatic carbocycles. The minimum absolute atomic E-state index is 0.0813. The lowest BCUT2D eigenvalue weighted by atomic mass is 10.2. The molecule has 0 aliphatic heterocycles. The fraction of sp³-hybridized carbons (Fsp3) is 0.200. The molecular weight excluding hydrogens is 363 g/mol. The number of hydrogen-bond donors (Lipinski definition) is 2. The SMILES string of the molecule is COc1ccccc1NC(=S)NCc1ncc(C(F)(F)F)cc1Cl. The topological polar surface area (TPSA) is 46.2 Å². The standard InChI is InChI=1S/C15H13ClF3N3OS/c1-23-13-5-3-2-4-11(13)22-14(24)21-8-12-10(16)6-9(7-20-12)15(17,18)19/h2-7H,8H2,1H3,(H2,21,22,24). The van der Waals surface area contributed by atoms with Crippen molar-refractivity contribution < 1.29 is 17.9 Å². The fourth-order valence-corrected chi connectivity index (χ4v) is 2.25. The summed E-state index contributed by atoms with van der Waals surface area (Å²) in [7, 11) is 1.53. The van der Waals surface area contributed by atoms with E-state index in [-0.39, 0.29) is 22.4 Å². The molecule has 1 aromatic heterocycles. The quantitative estimate of drug-likeness (QED) is 0.782. The minimum Gasteiger partial charge on any atom is -0.495 e. The summed E-state index contributed by atoms with van der Waals surface area (Å²) in [5, 5.41) is 5.94. The largest absolute Gasteiger partial charge is 0.495 e. The summed E-state index contributed by atoms with van der Waals surface area (Å²) >= 11 is 11.0. The molecule has 0 saturated heterocycles. The van der Waals surface area contributed by atoms with Crippen LogP contribution in [0.5, 0.6) is 5.75 Å². The van der Waals surface area contributed by atoms with Crippen LogP contribution in [0, 0.1) is 0 Å². The summed E-state index contributed by atoms with van der Waals surface area (Å²) in [4.78, 5) is 3.73. The van der Waals surface area contributed by atoms with Gasteiger partial charge in [0.25, 0.3) is 0 Å². The van der Waals surface area contributed by atoms with E-state index in [1.807, 2.05) is 12.1 Å². The van der Waals surface area contributed by atoms with Gasteiger partial charge in [-0.3, -0.25) is 4.98 Å². The highest BCUT2D eigenvalue weighted by Gasteiger charge is 2.31. The van der Waals surface area contributed by atoms with E-state index >= 15 is 0 Å². The Morgan fingerprint density at radius 2 is 2.04 bits per heavy atom. The number of rotatable bonds is 4. The van der Waals surface area contributed by atoms with Gasteiger partial charge in [-0.25, -0.2) is 0 Å². The zero-order valence-electron chi connectivity index (χ0n) is 12.4. The number of halogens is 4. The van der Waals surface area contributed by atoms with E-state index in [0.29, 0.717) is 11.4 Å². The maximum absolute atomic E-state index is 12.6. The number of alkyl halides is 3. The van der Waals surface area contributed by atoms with Gasteiger partial charge in [-0.15, -0.1) is 0 Å². The van der Waals surface area contributed by atoms with Gasteiger partial charge in [0.2, 0.25) is 0 Å². The van der Waals surface area contributed by atoms with Crippen LogP contribution in [-0.2, 0) is 12.7 Å². The van der Waals surface area contributed by atoms with Gasteiger partial charge in [-0.2, -0.15) is 13.2 Å². The molecule has 0 atom stereocenters. The number of anilines is 1. The number of aromatic nitrogens is 1. The van der Waals surface area contributed by atoms with E-state index in [2.05, 4.69) is 15.6 Å². The lowest BCUT2D eigenvalue weighted by molar-refractivity contribution is -0.137. The zero-order valence-corrected chi connectivity index (χ0v) is 14.0. The number of hydrogen-bond acceptors (Lipinski definition) is 3. The number of para-hydroxylation sites is 2. The van der Waals surface area contributed by atoms with Gasteiger partial charge in [0.1, 0.15) is 5.75 Å². The van der Waals surface area contributed by atoms with Crippen molar-refractivity contribution in [3.63, 3.8) is 0 Å². The fourth-order valence-electron chi connectivity index (χ4n) is 1.83.